The normalized spacial score (nSPS) is 10.9. The van der Waals surface area contributed by atoms with E-state index in [1.54, 1.807) is 19.9 Å². The zero-order chi connectivity index (χ0) is 14.9. The van der Waals surface area contributed by atoms with E-state index in [4.69, 9.17) is 4.52 Å². The molecule has 0 fully saturated rings. The number of hydrogen-bond acceptors (Lipinski definition) is 3. The molecule has 1 aromatic heterocycles. The number of benzene rings is 1. The van der Waals surface area contributed by atoms with E-state index in [1.807, 2.05) is 13.8 Å². The Kier molecular flexibility index (Phi) is 3.88. The molecule has 2 aromatic rings. The number of halogens is 1. The van der Waals surface area contributed by atoms with Crippen molar-refractivity contribution in [3.05, 3.63) is 46.6 Å². The summed E-state index contributed by atoms with van der Waals surface area (Å²) < 4.78 is 18.3. The number of rotatable bonds is 3. The first-order valence-corrected chi connectivity index (χ1v) is 6.43. The lowest BCUT2D eigenvalue weighted by atomic mass is 10.0. The van der Waals surface area contributed by atoms with Crippen molar-refractivity contribution >= 4 is 11.6 Å². The summed E-state index contributed by atoms with van der Waals surface area (Å²) >= 11 is 0. The molecule has 0 radical (unpaired) electrons. The summed E-state index contributed by atoms with van der Waals surface area (Å²) in [5, 5.41) is 6.66. The van der Waals surface area contributed by atoms with Crippen LogP contribution < -0.4 is 5.32 Å². The number of aromatic nitrogens is 1. The summed E-state index contributed by atoms with van der Waals surface area (Å²) in [7, 11) is 0. The van der Waals surface area contributed by atoms with Crippen molar-refractivity contribution in [2.45, 2.75) is 33.6 Å². The lowest BCUT2D eigenvalue weighted by Crippen LogP contribution is -2.15. The highest BCUT2D eigenvalue weighted by Crippen LogP contribution is 2.23. The monoisotopic (exact) mass is 276 g/mol. The molecule has 5 heteroatoms. The van der Waals surface area contributed by atoms with E-state index in [0.717, 1.165) is 0 Å². The molecule has 0 aliphatic rings. The molecule has 0 saturated heterocycles. The third-order valence-corrected chi connectivity index (χ3v) is 3.08. The number of carbonyl (C=O) groups is 1. The first-order valence-electron chi connectivity index (χ1n) is 6.43. The molecule has 1 amide bonds. The standard InChI is InChI=1S/C15H17FN2O2/c1-8(2)14-13(10(4)20-18-14)15(19)17-11-5-6-12(16)9(3)7-11/h5-8H,1-4H3,(H,17,19). The molecular formula is C15H17FN2O2. The minimum Gasteiger partial charge on any atom is -0.361 e. The Balaban J connectivity index is 2.28. The zero-order valence-corrected chi connectivity index (χ0v) is 12.0. The minimum absolute atomic E-state index is 0.0863. The minimum atomic E-state index is -0.299. The summed E-state index contributed by atoms with van der Waals surface area (Å²) in [6, 6.07) is 4.44. The molecule has 1 aromatic carbocycles. The van der Waals surface area contributed by atoms with Crippen LogP contribution in [0.4, 0.5) is 10.1 Å². The van der Waals surface area contributed by atoms with E-state index >= 15 is 0 Å². The predicted molar refractivity (Wildman–Crippen MR) is 74.4 cm³/mol. The summed E-state index contributed by atoms with van der Waals surface area (Å²) in [6.07, 6.45) is 0. The van der Waals surface area contributed by atoms with Crippen molar-refractivity contribution in [3.63, 3.8) is 0 Å². The average Bonchev–Trinajstić information content (AvgIpc) is 2.76. The first kappa shape index (κ1) is 14.2. The maximum absolute atomic E-state index is 13.2. The molecule has 1 N–H and O–H groups in total. The van der Waals surface area contributed by atoms with Crippen LogP contribution in [0.3, 0.4) is 0 Å². The van der Waals surface area contributed by atoms with Gasteiger partial charge >= 0.3 is 0 Å². The SMILES string of the molecule is Cc1cc(NC(=O)c2c(C(C)C)noc2C)ccc1F. The van der Waals surface area contributed by atoms with Gasteiger partial charge in [0.2, 0.25) is 0 Å². The molecule has 0 aliphatic carbocycles. The molecule has 0 spiro atoms. The molecular weight excluding hydrogens is 259 g/mol. The molecule has 4 nitrogen and oxygen atoms in total. The first-order chi connectivity index (χ1) is 9.40. The fourth-order valence-electron chi connectivity index (χ4n) is 1.98. The van der Waals surface area contributed by atoms with Crippen molar-refractivity contribution in [2.24, 2.45) is 0 Å². The van der Waals surface area contributed by atoms with Crippen LogP contribution in [-0.2, 0) is 0 Å². The van der Waals surface area contributed by atoms with Crippen LogP contribution >= 0.6 is 0 Å². The number of nitrogens with one attached hydrogen (secondary N) is 1. The number of carbonyl (C=O) groups excluding carboxylic acids is 1. The van der Waals surface area contributed by atoms with Crippen LogP contribution in [0, 0.1) is 19.7 Å². The number of aryl methyl sites for hydroxylation is 2. The van der Waals surface area contributed by atoms with E-state index in [0.29, 0.717) is 28.3 Å². The van der Waals surface area contributed by atoms with E-state index in [1.165, 1.54) is 12.1 Å². The van der Waals surface area contributed by atoms with Crippen molar-refractivity contribution < 1.29 is 13.7 Å². The fraction of sp³-hybridized carbons (Fsp3) is 0.333. The second-order valence-corrected chi connectivity index (χ2v) is 5.07. The van der Waals surface area contributed by atoms with Gasteiger partial charge in [-0.15, -0.1) is 0 Å². The lowest BCUT2D eigenvalue weighted by molar-refractivity contribution is 0.102. The van der Waals surface area contributed by atoms with Gasteiger partial charge in [0, 0.05) is 5.69 Å². The third-order valence-electron chi connectivity index (χ3n) is 3.08. The second-order valence-electron chi connectivity index (χ2n) is 5.07. The molecule has 0 bridgehead atoms. The quantitative estimate of drug-likeness (QED) is 0.927. The average molecular weight is 276 g/mol. The molecule has 2 rings (SSSR count). The Hall–Kier alpha value is -2.17. The van der Waals surface area contributed by atoms with Crippen LogP contribution in [0.1, 0.15) is 47.1 Å². The predicted octanol–water partition coefficient (Wildman–Crippen LogP) is 3.81. The summed E-state index contributed by atoms with van der Waals surface area (Å²) in [6.45, 7) is 7.23. The highest BCUT2D eigenvalue weighted by Gasteiger charge is 2.22. The molecule has 20 heavy (non-hydrogen) atoms. The molecule has 0 saturated carbocycles. The topological polar surface area (TPSA) is 55.1 Å². The van der Waals surface area contributed by atoms with E-state index < -0.39 is 0 Å². The van der Waals surface area contributed by atoms with E-state index in [9.17, 15) is 9.18 Å². The molecule has 0 atom stereocenters. The highest BCUT2D eigenvalue weighted by atomic mass is 19.1. The van der Waals surface area contributed by atoms with Crippen LogP contribution in [-0.4, -0.2) is 11.1 Å². The summed E-state index contributed by atoms with van der Waals surface area (Å²) in [5.74, 6) is -0.0290. The smallest absolute Gasteiger partial charge is 0.261 e. The fourth-order valence-corrected chi connectivity index (χ4v) is 1.98. The Bertz CT molecular complexity index is 647. The van der Waals surface area contributed by atoms with Gasteiger partial charge in [-0.05, 0) is 43.5 Å². The molecule has 106 valence electrons. The van der Waals surface area contributed by atoms with Gasteiger partial charge in [-0.25, -0.2) is 4.39 Å². The Morgan fingerprint density at radius 1 is 1.35 bits per heavy atom. The van der Waals surface area contributed by atoms with Crippen LogP contribution in [0.5, 0.6) is 0 Å². The molecule has 0 aliphatic heterocycles. The van der Waals surface area contributed by atoms with E-state index in [-0.39, 0.29) is 17.6 Å². The number of nitrogens with zero attached hydrogens (tertiary/aromatic N) is 1. The Labute approximate surface area is 117 Å². The summed E-state index contributed by atoms with van der Waals surface area (Å²) in [5.41, 5.74) is 2.10. The van der Waals surface area contributed by atoms with Crippen molar-refractivity contribution in [1.29, 1.82) is 0 Å². The largest absolute Gasteiger partial charge is 0.361 e. The maximum atomic E-state index is 13.2. The summed E-state index contributed by atoms with van der Waals surface area (Å²) in [4.78, 5) is 12.3. The van der Waals surface area contributed by atoms with Gasteiger partial charge in [0.05, 0.1) is 5.69 Å². The van der Waals surface area contributed by atoms with Crippen molar-refractivity contribution in [3.8, 4) is 0 Å². The van der Waals surface area contributed by atoms with Crippen LogP contribution in [0.2, 0.25) is 0 Å². The highest BCUT2D eigenvalue weighted by molar-refractivity contribution is 6.05. The van der Waals surface area contributed by atoms with Crippen LogP contribution in [0.25, 0.3) is 0 Å². The van der Waals surface area contributed by atoms with Gasteiger partial charge in [0.25, 0.3) is 5.91 Å². The second kappa shape index (κ2) is 5.45. The van der Waals surface area contributed by atoms with Gasteiger partial charge in [-0.3, -0.25) is 4.79 Å². The van der Waals surface area contributed by atoms with Gasteiger partial charge in [0.1, 0.15) is 17.1 Å². The number of anilines is 1. The van der Waals surface area contributed by atoms with Gasteiger partial charge in [-0.1, -0.05) is 19.0 Å². The lowest BCUT2D eigenvalue weighted by Gasteiger charge is -2.08. The van der Waals surface area contributed by atoms with Crippen molar-refractivity contribution in [1.82, 2.24) is 5.16 Å². The van der Waals surface area contributed by atoms with E-state index in [2.05, 4.69) is 10.5 Å². The van der Waals surface area contributed by atoms with Gasteiger partial charge in [0.15, 0.2) is 0 Å². The number of hydrogen-bond donors (Lipinski definition) is 1. The maximum Gasteiger partial charge on any atom is 0.261 e. The molecule has 1 heterocycles. The van der Waals surface area contributed by atoms with Crippen molar-refractivity contribution in [2.75, 3.05) is 5.32 Å². The van der Waals surface area contributed by atoms with Crippen LogP contribution in [0.15, 0.2) is 22.7 Å². The third kappa shape index (κ3) is 2.71. The number of amides is 1. The molecule has 0 unspecified atom stereocenters. The van der Waals surface area contributed by atoms with Gasteiger partial charge in [-0.2, -0.15) is 0 Å². The Morgan fingerprint density at radius 3 is 2.65 bits per heavy atom. The Morgan fingerprint density at radius 2 is 2.05 bits per heavy atom. The van der Waals surface area contributed by atoms with Gasteiger partial charge < -0.3 is 9.84 Å². The zero-order valence-electron chi connectivity index (χ0n) is 12.0.